The molecule has 2 aromatic heterocycles. The van der Waals surface area contributed by atoms with Crippen molar-refractivity contribution in [2.45, 2.75) is 25.2 Å². The van der Waals surface area contributed by atoms with Crippen molar-refractivity contribution in [2.75, 3.05) is 18.9 Å². The second kappa shape index (κ2) is 8.34. The highest BCUT2D eigenvalue weighted by Crippen LogP contribution is 2.29. The number of nitrogens with zero attached hydrogens (tertiary/aromatic N) is 5. The van der Waals surface area contributed by atoms with Crippen LogP contribution >= 0.6 is 0 Å². The van der Waals surface area contributed by atoms with Crippen LogP contribution in [0.2, 0.25) is 0 Å². The lowest BCUT2D eigenvalue weighted by molar-refractivity contribution is -0.766. The van der Waals surface area contributed by atoms with Crippen LogP contribution in [0.15, 0.2) is 58.3 Å². The largest absolute Gasteiger partial charge is 0.846 e. The SMILES string of the molecule is CN1CCc2ccccc2C1C[n+]1cc(/N=C(\[O-])Nc2ccnc(C(F)(F)F)c2)on1. The van der Waals surface area contributed by atoms with E-state index in [-0.39, 0.29) is 17.6 Å². The molecule has 1 aromatic carbocycles. The van der Waals surface area contributed by atoms with E-state index in [0.717, 1.165) is 25.2 Å². The molecule has 31 heavy (non-hydrogen) atoms. The van der Waals surface area contributed by atoms with E-state index >= 15 is 0 Å². The lowest BCUT2D eigenvalue weighted by Crippen LogP contribution is -2.45. The fourth-order valence-corrected chi connectivity index (χ4v) is 3.51. The lowest BCUT2D eigenvalue weighted by atomic mass is 9.93. The quantitative estimate of drug-likeness (QED) is 0.385. The maximum Gasteiger partial charge on any atom is 0.433 e. The molecule has 8 nitrogen and oxygen atoms in total. The van der Waals surface area contributed by atoms with E-state index < -0.39 is 17.9 Å². The van der Waals surface area contributed by atoms with Gasteiger partial charge in [0, 0.05) is 18.4 Å². The Morgan fingerprint density at radius 2 is 2.16 bits per heavy atom. The highest BCUT2D eigenvalue weighted by molar-refractivity contribution is 5.86. The molecule has 1 aliphatic heterocycles. The zero-order valence-corrected chi connectivity index (χ0v) is 16.5. The average Bonchev–Trinajstić information content (AvgIpc) is 3.16. The summed E-state index contributed by atoms with van der Waals surface area (Å²) in [6.07, 6.45) is -1.21. The van der Waals surface area contributed by atoms with Crippen LogP contribution in [0.25, 0.3) is 0 Å². The van der Waals surface area contributed by atoms with Crippen LogP contribution < -0.4 is 15.1 Å². The molecule has 11 heteroatoms. The van der Waals surface area contributed by atoms with Gasteiger partial charge in [-0.2, -0.15) is 13.2 Å². The zero-order chi connectivity index (χ0) is 22.0. The molecule has 1 N–H and O–H groups in total. The predicted octanol–water partition coefficient (Wildman–Crippen LogP) is 2.06. The Balaban J connectivity index is 1.46. The molecule has 0 radical (unpaired) electrons. The molecule has 4 rings (SSSR count). The van der Waals surface area contributed by atoms with Gasteiger partial charge in [-0.25, -0.2) is 4.99 Å². The molecule has 0 saturated carbocycles. The van der Waals surface area contributed by atoms with Crippen molar-refractivity contribution in [2.24, 2.45) is 4.99 Å². The van der Waals surface area contributed by atoms with Crippen molar-refractivity contribution in [3.05, 3.63) is 65.6 Å². The highest BCUT2D eigenvalue weighted by Gasteiger charge is 2.32. The first-order chi connectivity index (χ1) is 14.8. The number of halogens is 3. The molecule has 0 amide bonds. The topological polar surface area (TPSA) is 93.5 Å². The van der Waals surface area contributed by atoms with Crippen molar-refractivity contribution >= 4 is 17.6 Å². The van der Waals surface area contributed by atoms with E-state index in [4.69, 9.17) is 4.52 Å². The number of likely N-dealkylation sites (N-methyl/N-ethyl adjacent to an activating group) is 1. The summed E-state index contributed by atoms with van der Waals surface area (Å²) < 4.78 is 44.9. The molecule has 1 atom stereocenters. The van der Waals surface area contributed by atoms with E-state index in [1.165, 1.54) is 23.4 Å². The van der Waals surface area contributed by atoms with Crippen LogP contribution in [0.1, 0.15) is 22.9 Å². The minimum absolute atomic E-state index is 0.0608. The van der Waals surface area contributed by atoms with Crippen LogP contribution in [0.4, 0.5) is 24.7 Å². The first-order valence-electron chi connectivity index (χ1n) is 9.50. The number of hydrogen-bond donors (Lipinski definition) is 1. The number of alkyl halides is 3. The van der Waals surface area contributed by atoms with Crippen LogP contribution in [-0.4, -0.2) is 34.8 Å². The molecule has 1 unspecified atom stereocenters. The Bertz CT molecular complexity index is 1100. The Kier molecular flexibility index (Phi) is 5.59. The van der Waals surface area contributed by atoms with Gasteiger partial charge in [0.1, 0.15) is 5.69 Å². The summed E-state index contributed by atoms with van der Waals surface area (Å²) in [5.74, 6) is -0.0608. The van der Waals surface area contributed by atoms with Crippen molar-refractivity contribution in [3.8, 4) is 0 Å². The number of fused-ring (bicyclic) bond motifs is 1. The average molecular weight is 432 g/mol. The van der Waals surface area contributed by atoms with Gasteiger partial charge in [0.05, 0.1) is 12.1 Å². The van der Waals surface area contributed by atoms with Crippen molar-refractivity contribution in [1.29, 1.82) is 0 Å². The molecule has 0 saturated heterocycles. The molecule has 162 valence electrons. The number of amidine groups is 1. The van der Waals surface area contributed by atoms with Gasteiger partial charge in [0.25, 0.3) is 6.20 Å². The summed E-state index contributed by atoms with van der Waals surface area (Å²) in [5, 5.41) is 18.2. The van der Waals surface area contributed by atoms with Gasteiger partial charge >= 0.3 is 12.1 Å². The summed E-state index contributed by atoms with van der Waals surface area (Å²) in [5.41, 5.74) is 1.30. The number of aromatic nitrogens is 3. The van der Waals surface area contributed by atoms with E-state index in [2.05, 4.69) is 37.6 Å². The third-order valence-electron chi connectivity index (χ3n) is 5.05. The first-order valence-corrected chi connectivity index (χ1v) is 9.50. The number of aliphatic imine (C=N–C) groups is 1. The standard InChI is InChI=1S/C20H19F3N6O2/c1-28-9-7-13-4-2-3-5-15(13)16(28)11-29-12-18(31-27-29)26-19(30)25-14-6-8-24-17(10-14)20(21,22)23/h2-6,8,10,12,16H,7,9,11H2,1H3,(H-,24,25,26,27,30). The van der Waals surface area contributed by atoms with Crippen LogP contribution in [0.3, 0.4) is 0 Å². The van der Waals surface area contributed by atoms with Crippen molar-refractivity contribution < 1.29 is 27.5 Å². The van der Waals surface area contributed by atoms with E-state index in [1.54, 1.807) is 4.68 Å². The predicted molar refractivity (Wildman–Crippen MR) is 102 cm³/mol. The van der Waals surface area contributed by atoms with Crippen LogP contribution in [-0.2, 0) is 19.1 Å². The number of nitrogens with one attached hydrogen (secondary N) is 1. The molecule has 0 aliphatic carbocycles. The molecule has 0 fully saturated rings. The van der Waals surface area contributed by atoms with E-state index in [9.17, 15) is 18.3 Å². The summed E-state index contributed by atoms with van der Waals surface area (Å²) in [6, 6.07) is 9.36. The van der Waals surface area contributed by atoms with Gasteiger partial charge in [-0.15, -0.1) is 0 Å². The summed E-state index contributed by atoms with van der Waals surface area (Å²) >= 11 is 0. The minimum atomic E-state index is -4.61. The van der Waals surface area contributed by atoms with Gasteiger partial charge in [-0.3, -0.25) is 14.4 Å². The number of anilines is 1. The smallest absolute Gasteiger partial charge is 0.433 e. The van der Waals surface area contributed by atoms with Gasteiger partial charge in [0.15, 0.2) is 6.54 Å². The number of pyridine rings is 1. The lowest BCUT2D eigenvalue weighted by Gasteiger charge is -2.31. The molecule has 3 aromatic rings. The van der Waals surface area contributed by atoms with Crippen LogP contribution in [0.5, 0.6) is 0 Å². The Hall–Kier alpha value is -3.47. The third-order valence-corrected chi connectivity index (χ3v) is 5.05. The monoisotopic (exact) mass is 432 g/mol. The van der Waals surface area contributed by atoms with Gasteiger partial charge < -0.3 is 10.4 Å². The molecule has 1 aliphatic rings. The Labute approximate surface area is 175 Å². The summed E-state index contributed by atoms with van der Waals surface area (Å²) in [7, 11) is 2.03. The molecule has 0 bridgehead atoms. The number of hydrogen-bond acceptors (Lipinski definition) is 6. The summed E-state index contributed by atoms with van der Waals surface area (Å²) in [6.45, 7) is 1.40. The normalized spacial score (nSPS) is 17.4. The molecular weight excluding hydrogens is 413 g/mol. The van der Waals surface area contributed by atoms with E-state index in [0.29, 0.717) is 6.54 Å². The number of benzene rings is 1. The summed E-state index contributed by atoms with van der Waals surface area (Å²) in [4.78, 5) is 9.17. The maximum atomic E-state index is 12.7. The van der Waals surface area contributed by atoms with Crippen molar-refractivity contribution in [1.82, 2.24) is 15.2 Å². The first kappa shape index (κ1) is 20.8. The molecule has 3 heterocycles. The van der Waals surface area contributed by atoms with Gasteiger partial charge in [-0.1, -0.05) is 24.3 Å². The Morgan fingerprint density at radius 1 is 1.35 bits per heavy atom. The second-order valence-electron chi connectivity index (χ2n) is 7.18. The molecular formula is C20H19F3N6O2. The van der Waals surface area contributed by atoms with Gasteiger partial charge in [0.2, 0.25) is 5.27 Å². The fourth-order valence-electron chi connectivity index (χ4n) is 3.51. The zero-order valence-electron chi connectivity index (χ0n) is 16.5. The van der Waals surface area contributed by atoms with Crippen LogP contribution in [0, 0.1) is 0 Å². The van der Waals surface area contributed by atoms with Crippen molar-refractivity contribution in [3.63, 3.8) is 0 Å². The fraction of sp³-hybridized carbons (Fsp3) is 0.300. The molecule has 0 spiro atoms. The Morgan fingerprint density at radius 3 is 2.97 bits per heavy atom. The van der Waals surface area contributed by atoms with Gasteiger partial charge in [-0.05, 0) is 41.4 Å². The third kappa shape index (κ3) is 4.82. The number of rotatable bonds is 4. The van der Waals surface area contributed by atoms with E-state index in [1.807, 2.05) is 19.2 Å². The highest BCUT2D eigenvalue weighted by atomic mass is 19.4. The maximum absolute atomic E-state index is 12.7. The second-order valence-corrected chi connectivity index (χ2v) is 7.18. The minimum Gasteiger partial charge on any atom is -0.846 e.